The lowest BCUT2D eigenvalue weighted by molar-refractivity contribution is -0.116. The lowest BCUT2D eigenvalue weighted by Gasteiger charge is -2.12. The van der Waals surface area contributed by atoms with Gasteiger partial charge in [-0.1, -0.05) is 30.3 Å². The minimum Gasteiger partial charge on any atom is -0.508 e. The summed E-state index contributed by atoms with van der Waals surface area (Å²) in [7, 11) is 0. The number of hydrogen-bond donors (Lipinski definition) is 3. The van der Waals surface area contributed by atoms with Crippen LogP contribution < -0.4 is 5.32 Å². The molecule has 1 amide bonds. The monoisotopic (exact) mass is 425 g/mol. The highest BCUT2D eigenvalue weighted by atomic mass is 16.3. The third-order valence-corrected chi connectivity index (χ3v) is 5.05. The van der Waals surface area contributed by atoms with Crippen molar-refractivity contribution < 1.29 is 15.0 Å². The van der Waals surface area contributed by atoms with E-state index in [4.69, 9.17) is 4.98 Å². The summed E-state index contributed by atoms with van der Waals surface area (Å²) < 4.78 is 0. The predicted molar refractivity (Wildman–Crippen MR) is 124 cm³/mol. The fourth-order valence-corrected chi connectivity index (χ4v) is 3.36. The second kappa shape index (κ2) is 9.75. The van der Waals surface area contributed by atoms with E-state index in [0.29, 0.717) is 23.6 Å². The molecular weight excluding hydrogens is 402 g/mol. The van der Waals surface area contributed by atoms with Crippen molar-refractivity contribution in [1.82, 2.24) is 9.97 Å². The van der Waals surface area contributed by atoms with Crippen LogP contribution in [0.15, 0.2) is 85.1 Å². The van der Waals surface area contributed by atoms with Gasteiger partial charge in [-0.25, -0.2) is 9.97 Å². The number of nitrogens with zero attached hydrogens (tertiary/aromatic N) is 2. The van der Waals surface area contributed by atoms with Crippen LogP contribution in [0.1, 0.15) is 18.4 Å². The maximum absolute atomic E-state index is 12.6. The first-order valence-electron chi connectivity index (χ1n) is 10.4. The molecule has 0 radical (unpaired) electrons. The van der Waals surface area contributed by atoms with E-state index in [-0.39, 0.29) is 17.4 Å². The number of aromatic nitrogens is 2. The Morgan fingerprint density at radius 3 is 2.09 bits per heavy atom. The van der Waals surface area contributed by atoms with Crippen LogP contribution in [-0.2, 0) is 11.2 Å². The quantitative estimate of drug-likeness (QED) is 0.379. The van der Waals surface area contributed by atoms with Gasteiger partial charge in [0.15, 0.2) is 5.82 Å². The van der Waals surface area contributed by atoms with E-state index in [1.165, 1.54) is 5.56 Å². The third-order valence-electron chi connectivity index (χ3n) is 5.05. The SMILES string of the molecule is O=C(CCCc1ccccc1)Nc1ncc(-c2ccc(O)cc2)nc1-c1ccc(O)cc1. The topological polar surface area (TPSA) is 95.3 Å². The lowest BCUT2D eigenvalue weighted by Crippen LogP contribution is -2.14. The number of carbonyl (C=O) groups excluding carboxylic acids is 1. The highest BCUT2D eigenvalue weighted by Gasteiger charge is 2.14. The van der Waals surface area contributed by atoms with Gasteiger partial charge in [0.25, 0.3) is 0 Å². The van der Waals surface area contributed by atoms with Crippen LogP contribution >= 0.6 is 0 Å². The maximum atomic E-state index is 12.6. The van der Waals surface area contributed by atoms with E-state index in [2.05, 4.69) is 10.3 Å². The fraction of sp³-hybridized carbons (Fsp3) is 0.115. The zero-order chi connectivity index (χ0) is 22.3. The lowest BCUT2D eigenvalue weighted by atomic mass is 10.1. The van der Waals surface area contributed by atoms with Crippen LogP contribution in [0.5, 0.6) is 11.5 Å². The normalized spacial score (nSPS) is 10.6. The number of aryl methyl sites for hydroxylation is 1. The van der Waals surface area contributed by atoms with Gasteiger partial charge >= 0.3 is 0 Å². The van der Waals surface area contributed by atoms with Crippen molar-refractivity contribution in [3.05, 3.63) is 90.6 Å². The van der Waals surface area contributed by atoms with Crippen LogP contribution in [0.4, 0.5) is 5.82 Å². The first-order chi connectivity index (χ1) is 15.6. The van der Waals surface area contributed by atoms with Crippen molar-refractivity contribution >= 4 is 11.7 Å². The molecule has 160 valence electrons. The van der Waals surface area contributed by atoms with Crippen molar-refractivity contribution in [1.29, 1.82) is 0 Å². The average molecular weight is 425 g/mol. The van der Waals surface area contributed by atoms with Crippen molar-refractivity contribution in [2.45, 2.75) is 19.3 Å². The van der Waals surface area contributed by atoms with Crippen LogP contribution in [0.25, 0.3) is 22.5 Å². The number of rotatable bonds is 7. The van der Waals surface area contributed by atoms with Gasteiger partial charge in [-0.3, -0.25) is 4.79 Å². The summed E-state index contributed by atoms with van der Waals surface area (Å²) >= 11 is 0. The molecule has 0 aliphatic heterocycles. The smallest absolute Gasteiger partial charge is 0.225 e. The molecular formula is C26H23N3O3. The minimum absolute atomic E-state index is 0.132. The maximum Gasteiger partial charge on any atom is 0.225 e. The van der Waals surface area contributed by atoms with Crippen LogP contribution in [0, 0.1) is 0 Å². The molecule has 3 aromatic carbocycles. The highest BCUT2D eigenvalue weighted by molar-refractivity contribution is 5.93. The molecule has 4 aromatic rings. The number of amides is 1. The molecule has 0 fully saturated rings. The number of hydrogen-bond acceptors (Lipinski definition) is 5. The molecule has 0 unspecified atom stereocenters. The number of phenolic OH excluding ortho intramolecular Hbond substituents is 2. The Morgan fingerprint density at radius 1 is 0.812 bits per heavy atom. The number of nitrogens with one attached hydrogen (secondary N) is 1. The molecule has 0 spiro atoms. The summed E-state index contributed by atoms with van der Waals surface area (Å²) in [5.74, 6) is 0.540. The Bertz CT molecular complexity index is 1190. The van der Waals surface area contributed by atoms with Crippen LogP contribution in [0.2, 0.25) is 0 Å². The summed E-state index contributed by atoms with van der Waals surface area (Å²) in [6, 6.07) is 23.3. The first-order valence-corrected chi connectivity index (χ1v) is 10.4. The Morgan fingerprint density at radius 2 is 1.44 bits per heavy atom. The predicted octanol–water partition coefficient (Wildman–Crippen LogP) is 5.18. The molecule has 0 bridgehead atoms. The second-order valence-electron chi connectivity index (χ2n) is 7.43. The first kappa shape index (κ1) is 21.1. The molecule has 1 aromatic heterocycles. The van der Waals surface area contributed by atoms with Crippen molar-refractivity contribution in [2.24, 2.45) is 0 Å². The van der Waals surface area contributed by atoms with E-state index < -0.39 is 0 Å². The summed E-state index contributed by atoms with van der Waals surface area (Å²) in [6.45, 7) is 0. The number of carbonyl (C=O) groups is 1. The van der Waals surface area contributed by atoms with Gasteiger partial charge in [0.1, 0.15) is 17.2 Å². The molecule has 0 saturated carbocycles. The molecule has 0 saturated heterocycles. The van der Waals surface area contributed by atoms with E-state index in [9.17, 15) is 15.0 Å². The molecule has 4 rings (SSSR count). The van der Waals surface area contributed by atoms with Gasteiger partial charge in [-0.15, -0.1) is 0 Å². The number of anilines is 1. The summed E-state index contributed by atoms with van der Waals surface area (Å²) in [6.07, 6.45) is 3.51. The Kier molecular flexibility index (Phi) is 6.41. The molecule has 0 aliphatic rings. The third kappa shape index (κ3) is 5.29. The van der Waals surface area contributed by atoms with E-state index >= 15 is 0 Å². The van der Waals surface area contributed by atoms with Gasteiger partial charge in [0.2, 0.25) is 5.91 Å². The average Bonchev–Trinajstić information content (AvgIpc) is 2.81. The molecule has 6 nitrogen and oxygen atoms in total. The molecule has 3 N–H and O–H groups in total. The number of benzene rings is 3. The summed E-state index contributed by atoms with van der Waals surface area (Å²) in [4.78, 5) is 21.8. The van der Waals surface area contributed by atoms with Crippen molar-refractivity contribution in [3.8, 4) is 34.0 Å². The Balaban J connectivity index is 1.55. The molecule has 1 heterocycles. The Hall–Kier alpha value is -4.19. The summed E-state index contributed by atoms with van der Waals surface area (Å²) in [5.41, 5.74) is 3.82. The highest BCUT2D eigenvalue weighted by Crippen LogP contribution is 2.29. The van der Waals surface area contributed by atoms with Crippen molar-refractivity contribution in [3.63, 3.8) is 0 Å². The van der Waals surface area contributed by atoms with Crippen LogP contribution in [-0.4, -0.2) is 26.1 Å². The zero-order valence-corrected chi connectivity index (χ0v) is 17.4. The Labute approximate surface area is 186 Å². The van der Waals surface area contributed by atoms with E-state index in [1.54, 1.807) is 54.7 Å². The van der Waals surface area contributed by atoms with Gasteiger partial charge in [-0.05, 0) is 66.9 Å². The molecule has 6 heteroatoms. The van der Waals surface area contributed by atoms with Gasteiger partial charge in [0, 0.05) is 17.5 Å². The molecule has 0 aliphatic carbocycles. The van der Waals surface area contributed by atoms with Gasteiger partial charge in [0.05, 0.1) is 11.9 Å². The second-order valence-corrected chi connectivity index (χ2v) is 7.43. The van der Waals surface area contributed by atoms with Crippen LogP contribution in [0.3, 0.4) is 0 Å². The number of aromatic hydroxyl groups is 2. The van der Waals surface area contributed by atoms with E-state index in [1.807, 2.05) is 30.3 Å². The molecule has 0 atom stereocenters. The zero-order valence-electron chi connectivity index (χ0n) is 17.4. The van der Waals surface area contributed by atoms with E-state index in [0.717, 1.165) is 24.0 Å². The van der Waals surface area contributed by atoms with Gasteiger partial charge < -0.3 is 15.5 Å². The largest absolute Gasteiger partial charge is 0.508 e. The standard InChI is InChI=1S/C26H23N3O3/c30-21-13-9-19(10-14-21)23-17-27-26(25(28-23)20-11-15-22(31)16-12-20)29-24(32)8-4-7-18-5-2-1-3-6-18/h1-3,5-6,9-17,30-31H,4,7-8H2,(H,27,29,32). The summed E-state index contributed by atoms with van der Waals surface area (Å²) in [5, 5.41) is 22.1. The molecule has 32 heavy (non-hydrogen) atoms. The van der Waals surface area contributed by atoms with Gasteiger partial charge in [-0.2, -0.15) is 0 Å². The fourth-order valence-electron chi connectivity index (χ4n) is 3.36. The van der Waals surface area contributed by atoms with Crippen molar-refractivity contribution in [2.75, 3.05) is 5.32 Å². The number of phenols is 2. The minimum atomic E-state index is -0.132.